The van der Waals surface area contributed by atoms with Gasteiger partial charge in [-0.05, 0) is 30.9 Å². The number of hydrogen-bond acceptors (Lipinski definition) is 3. The Labute approximate surface area is 140 Å². The lowest BCUT2D eigenvalue weighted by Gasteiger charge is -2.17. The van der Waals surface area contributed by atoms with E-state index in [0.29, 0.717) is 13.0 Å². The fourth-order valence-electron chi connectivity index (χ4n) is 3.64. The average Bonchev–Trinajstić information content (AvgIpc) is 2.93. The molecule has 0 aromatic heterocycles. The second-order valence-corrected chi connectivity index (χ2v) is 7.29. The molecule has 2 N–H and O–H groups in total. The van der Waals surface area contributed by atoms with E-state index < -0.39 is 29.3 Å². The summed E-state index contributed by atoms with van der Waals surface area (Å²) in [7, 11) is 0. The molecule has 1 unspecified atom stereocenters. The molecule has 1 aliphatic heterocycles. The van der Waals surface area contributed by atoms with Crippen LogP contribution in [0.15, 0.2) is 24.3 Å². The minimum Gasteiger partial charge on any atom is -0.481 e. The highest BCUT2D eigenvalue weighted by atomic mass is 16.4. The van der Waals surface area contributed by atoms with Crippen LogP contribution < -0.4 is 10.2 Å². The number of rotatable bonds is 4. The number of nitrogens with zero attached hydrogens (tertiary/aromatic N) is 1. The third-order valence-corrected chi connectivity index (χ3v) is 5.24. The lowest BCUT2D eigenvalue weighted by atomic mass is 10.1. The van der Waals surface area contributed by atoms with Crippen LogP contribution in [-0.2, 0) is 14.4 Å². The summed E-state index contributed by atoms with van der Waals surface area (Å²) in [5.74, 6) is -2.69. The van der Waals surface area contributed by atoms with E-state index in [4.69, 9.17) is 0 Å². The van der Waals surface area contributed by atoms with Crippen molar-refractivity contribution in [1.29, 1.82) is 0 Å². The Morgan fingerprint density at radius 1 is 1.21 bits per heavy atom. The zero-order valence-corrected chi connectivity index (χ0v) is 14.1. The van der Waals surface area contributed by atoms with Gasteiger partial charge >= 0.3 is 5.97 Å². The van der Waals surface area contributed by atoms with E-state index in [-0.39, 0.29) is 11.8 Å². The van der Waals surface area contributed by atoms with Crippen LogP contribution in [0.2, 0.25) is 0 Å². The predicted molar refractivity (Wildman–Crippen MR) is 88.5 cm³/mol. The maximum atomic E-state index is 12.5. The van der Waals surface area contributed by atoms with Gasteiger partial charge in [-0.25, -0.2) is 0 Å². The molecule has 6 nitrogen and oxygen atoms in total. The Balaban J connectivity index is 1.65. The zero-order valence-electron chi connectivity index (χ0n) is 14.1. The number of carboxylic acid groups (broad SMARTS) is 1. The van der Waals surface area contributed by atoms with Gasteiger partial charge in [0, 0.05) is 12.2 Å². The first-order valence-corrected chi connectivity index (χ1v) is 8.14. The fourth-order valence-corrected chi connectivity index (χ4v) is 3.64. The number of aliphatic carboxylic acids is 1. The second kappa shape index (κ2) is 5.61. The van der Waals surface area contributed by atoms with E-state index in [1.165, 1.54) is 0 Å². The fraction of sp³-hybridized carbons (Fsp3) is 0.500. The van der Waals surface area contributed by atoms with Gasteiger partial charge in [0.15, 0.2) is 0 Å². The van der Waals surface area contributed by atoms with E-state index in [0.717, 1.165) is 11.3 Å². The molecule has 1 aromatic rings. The van der Waals surface area contributed by atoms with Crippen molar-refractivity contribution in [3.63, 3.8) is 0 Å². The number of anilines is 1. The maximum absolute atomic E-state index is 12.5. The zero-order chi connectivity index (χ0) is 17.6. The molecule has 24 heavy (non-hydrogen) atoms. The van der Waals surface area contributed by atoms with E-state index in [2.05, 4.69) is 5.32 Å². The molecule has 2 fully saturated rings. The molecule has 0 spiro atoms. The van der Waals surface area contributed by atoms with Crippen molar-refractivity contribution < 1.29 is 19.5 Å². The average molecular weight is 330 g/mol. The van der Waals surface area contributed by atoms with Crippen molar-refractivity contribution in [2.75, 3.05) is 11.4 Å². The van der Waals surface area contributed by atoms with Crippen molar-refractivity contribution in [1.82, 2.24) is 5.32 Å². The number of nitrogens with one attached hydrogen (secondary N) is 1. The summed E-state index contributed by atoms with van der Waals surface area (Å²) in [6.07, 6.45) is 0.531. The van der Waals surface area contributed by atoms with E-state index in [9.17, 15) is 19.5 Å². The second-order valence-electron chi connectivity index (χ2n) is 7.29. The highest BCUT2D eigenvalue weighted by Gasteiger charge is 2.66. The van der Waals surface area contributed by atoms with E-state index in [1.807, 2.05) is 31.2 Å². The summed E-state index contributed by atoms with van der Waals surface area (Å²) < 4.78 is 0. The molecule has 2 aliphatic rings. The Morgan fingerprint density at radius 3 is 2.38 bits per heavy atom. The lowest BCUT2D eigenvalue weighted by Crippen LogP contribution is -2.42. The van der Waals surface area contributed by atoms with Crippen molar-refractivity contribution in [3.05, 3.63) is 29.8 Å². The molecular formula is C18H22N2O4. The number of aryl methyl sites for hydroxylation is 1. The van der Waals surface area contributed by atoms with Crippen molar-refractivity contribution >= 4 is 23.5 Å². The van der Waals surface area contributed by atoms with Crippen LogP contribution in [0.4, 0.5) is 5.69 Å². The van der Waals surface area contributed by atoms with Crippen LogP contribution in [0, 0.1) is 24.2 Å². The normalized spacial score (nSPS) is 27.9. The van der Waals surface area contributed by atoms with Crippen LogP contribution in [0.1, 0.15) is 25.8 Å². The summed E-state index contributed by atoms with van der Waals surface area (Å²) in [4.78, 5) is 37.8. The summed E-state index contributed by atoms with van der Waals surface area (Å²) >= 11 is 0. The van der Waals surface area contributed by atoms with Gasteiger partial charge in [0.2, 0.25) is 11.8 Å². The van der Waals surface area contributed by atoms with Gasteiger partial charge in [0.1, 0.15) is 6.04 Å². The van der Waals surface area contributed by atoms with Crippen LogP contribution in [0.3, 0.4) is 0 Å². The monoisotopic (exact) mass is 330 g/mol. The third-order valence-electron chi connectivity index (χ3n) is 5.24. The molecule has 1 heterocycles. The summed E-state index contributed by atoms with van der Waals surface area (Å²) in [6, 6.07) is 7.09. The van der Waals surface area contributed by atoms with Gasteiger partial charge in [-0.2, -0.15) is 0 Å². The summed E-state index contributed by atoms with van der Waals surface area (Å²) in [5.41, 5.74) is 1.37. The SMILES string of the molecule is Cc1ccc(N2CCC(NC(=O)[C@@H]3[C@H](C(=O)O)C3(C)C)C2=O)cc1. The van der Waals surface area contributed by atoms with Crippen molar-refractivity contribution in [3.8, 4) is 0 Å². The van der Waals surface area contributed by atoms with Gasteiger partial charge < -0.3 is 15.3 Å². The van der Waals surface area contributed by atoms with E-state index in [1.54, 1.807) is 18.7 Å². The Hall–Kier alpha value is -2.37. The lowest BCUT2D eigenvalue weighted by molar-refractivity contribution is -0.140. The number of carboxylic acids is 1. The predicted octanol–water partition coefficient (Wildman–Crippen LogP) is 1.57. The number of hydrogen-bond donors (Lipinski definition) is 2. The van der Waals surface area contributed by atoms with Gasteiger partial charge in [-0.15, -0.1) is 0 Å². The standard InChI is InChI=1S/C18H22N2O4/c1-10-4-6-11(7-5-10)20-9-8-12(16(20)22)19-15(21)13-14(17(23)24)18(13,2)3/h4-7,12-14H,8-9H2,1-3H3,(H,19,21)(H,23,24)/t12?,13-,14+/m0/s1. The first-order valence-electron chi connectivity index (χ1n) is 8.14. The van der Waals surface area contributed by atoms with Crippen molar-refractivity contribution in [2.24, 2.45) is 17.3 Å². The molecule has 0 bridgehead atoms. The molecule has 128 valence electrons. The summed E-state index contributed by atoms with van der Waals surface area (Å²) in [5, 5.41) is 11.9. The first kappa shape index (κ1) is 16.5. The molecule has 1 saturated carbocycles. The number of amides is 2. The van der Waals surface area contributed by atoms with Gasteiger partial charge in [0.25, 0.3) is 0 Å². The van der Waals surface area contributed by atoms with Crippen LogP contribution in [0.25, 0.3) is 0 Å². The van der Waals surface area contributed by atoms with Gasteiger partial charge in [-0.3, -0.25) is 14.4 Å². The minimum absolute atomic E-state index is 0.141. The quantitative estimate of drug-likeness (QED) is 0.877. The maximum Gasteiger partial charge on any atom is 0.307 e. The smallest absolute Gasteiger partial charge is 0.307 e. The third kappa shape index (κ3) is 2.66. The Morgan fingerprint density at radius 2 is 1.83 bits per heavy atom. The van der Waals surface area contributed by atoms with Crippen molar-refractivity contribution in [2.45, 2.75) is 33.2 Å². The van der Waals surface area contributed by atoms with Crippen LogP contribution >= 0.6 is 0 Å². The van der Waals surface area contributed by atoms with Gasteiger partial charge in [-0.1, -0.05) is 31.5 Å². The Bertz CT molecular complexity index is 695. The molecule has 6 heteroatoms. The molecular weight excluding hydrogens is 308 g/mol. The molecule has 0 radical (unpaired) electrons. The molecule has 1 saturated heterocycles. The number of carbonyl (C=O) groups is 3. The van der Waals surface area contributed by atoms with Gasteiger partial charge in [0.05, 0.1) is 11.8 Å². The highest BCUT2D eigenvalue weighted by molar-refractivity contribution is 6.02. The topological polar surface area (TPSA) is 86.7 Å². The number of carbonyl (C=O) groups excluding carboxylic acids is 2. The molecule has 3 atom stereocenters. The van der Waals surface area contributed by atoms with E-state index >= 15 is 0 Å². The molecule has 1 aromatic carbocycles. The molecule has 1 aliphatic carbocycles. The first-order chi connectivity index (χ1) is 11.2. The molecule has 3 rings (SSSR count). The van der Waals surface area contributed by atoms with Crippen LogP contribution in [0.5, 0.6) is 0 Å². The molecule has 2 amide bonds. The number of benzene rings is 1. The summed E-state index contributed by atoms with van der Waals surface area (Å²) in [6.45, 7) is 6.06. The largest absolute Gasteiger partial charge is 0.481 e. The highest BCUT2D eigenvalue weighted by Crippen LogP contribution is 2.58. The Kier molecular flexibility index (Phi) is 3.86. The van der Waals surface area contributed by atoms with Crippen LogP contribution in [-0.4, -0.2) is 35.5 Å². The minimum atomic E-state index is -0.959.